The van der Waals surface area contributed by atoms with Crippen molar-refractivity contribution in [2.75, 3.05) is 6.54 Å². The van der Waals surface area contributed by atoms with Crippen molar-refractivity contribution in [2.24, 2.45) is 0 Å². The quantitative estimate of drug-likeness (QED) is 0.452. The molecule has 1 rings (SSSR count). The van der Waals surface area contributed by atoms with Crippen LogP contribution >= 0.6 is 0 Å². The molecule has 0 spiro atoms. The standard InChI is InChI=1S/C8H16N2O/c11-7-3-1-2-4-8-5-6-9-10-8/h7-10H,1-6H2. The van der Waals surface area contributed by atoms with Gasteiger partial charge in [0.15, 0.2) is 0 Å². The van der Waals surface area contributed by atoms with Crippen LogP contribution < -0.4 is 10.9 Å². The molecular formula is C8H16N2O. The normalized spacial score (nSPS) is 23.8. The molecule has 1 unspecified atom stereocenters. The van der Waals surface area contributed by atoms with Crippen LogP contribution in [0.2, 0.25) is 0 Å². The summed E-state index contributed by atoms with van der Waals surface area (Å²) in [6.07, 6.45) is 6.35. The van der Waals surface area contributed by atoms with Crippen LogP contribution in [0.5, 0.6) is 0 Å². The second-order valence-corrected chi connectivity index (χ2v) is 3.01. The van der Waals surface area contributed by atoms with Crippen LogP contribution in [0.15, 0.2) is 0 Å². The molecule has 1 atom stereocenters. The zero-order chi connectivity index (χ0) is 7.94. The maximum Gasteiger partial charge on any atom is 0.119 e. The zero-order valence-corrected chi connectivity index (χ0v) is 6.81. The van der Waals surface area contributed by atoms with Crippen LogP contribution in [-0.2, 0) is 4.79 Å². The number of carbonyl (C=O) groups excluding carboxylic acids is 1. The van der Waals surface area contributed by atoms with Crippen molar-refractivity contribution in [2.45, 2.75) is 38.1 Å². The van der Waals surface area contributed by atoms with Crippen molar-refractivity contribution in [3.8, 4) is 0 Å². The molecule has 0 bridgehead atoms. The van der Waals surface area contributed by atoms with Crippen molar-refractivity contribution in [3.63, 3.8) is 0 Å². The van der Waals surface area contributed by atoms with E-state index in [-0.39, 0.29) is 0 Å². The number of hydrazine groups is 1. The smallest absolute Gasteiger partial charge is 0.119 e. The Morgan fingerprint density at radius 3 is 3.00 bits per heavy atom. The second-order valence-electron chi connectivity index (χ2n) is 3.01. The van der Waals surface area contributed by atoms with Gasteiger partial charge in [-0.2, -0.15) is 0 Å². The maximum atomic E-state index is 9.97. The van der Waals surface area contributed by atoms with Crippen LogP contribution in [0.3, 0.4) is 0 Å². The number of aldehydes is 1. The Kier molecular flexibility index (Phi) is 4.16. The van der Waals surface area contributed by atoms with E-state index in [1.54, 1.807) is 0 Å². The summed E-state index contributed by atoms with van der Waals surface area (Å²) in [6, 6.07) is 0.640. The largest absolute Gasteiger partial charge is 0.303 e. The summed E-state index contributed by atoms with van der Waals surface area (Å²) in [4.78, 5) is 9.97. The van der Waals surface area contributed by atoms with Crippen LogP contribution in [0, 0.1) is 0 Å². The van der Waals surface area contributed by atoms with E-state index in [0.717, 1.165) is 32.1 Å². The molecule has 1 saturated heterocycles. The predicted octanol–water partition coefficient (Wildman–Crippen LogP) is 0.612. The average molecular weight is 156 g/mol. The predicted molar refractivity (Wildman–Crippen MR) is 44.1 cm³/mol. The van der Waals surface area contributed by atoms with Gasteiger partial charge in [0.2, 0.25) is 0 Å². The van der Waals surface area contributed by atoms with Crippen LogP contribution in [0.1, 0.15) is 32.1 Å². The fraction of sp³-hybridized carbons (Fsp3) is 0.875. The molecule has 0 aromatic heterocycles. The number of hydrogen-bond acceptors (Lipinski definition) is 3. The highest BCUT2D eigenvalue weighted by Gasteiger charge is 2.11. The highest BCUT2D eigenvalue weighted by molar-refractivity contribution is 5.48. The summed E-state index contributed by atoms with van der Waals surface area (Å²) in [6.45, 7) is 1.08. The monoisotopic (exact) mass is 156 g/mol. The highest BCUT2D eigenvalue weighted by Crippen LogP contribution is 2.07. The number of unbranched alkanes of at least 4 members (excludes halogenated alkanes) is 2. The molecule has 1 aliphatic rings. The molecule has 11 heavy (non-hydrogen) atoms. The van der Waals surface area contributed by atoms with E-state index >= 15 is 0 Å². The Bertz CT molecular complexity index is 111. The Balaban J connectivity index is 1.89. The Morgan fingerprint density at radius 1 is 1.45 bits per heavy atom. The van der Waals surface area contributed by atoms with Gasteiger partial charge in [0, 0.05) is 19.0 Å². The molecular weight excluding hydrogens is 140 g/mol. The molecule has 0 aromatic carbocycles. The van der Waals surface area contributed by atoms with Gasteiger partial charge < -0.3 is 4.79 Å². The van der Waals surface area contributed by atoms with Gasteiger partial charge >= 0.3 is 0 Å². The van der Waals surface area contributed by atoms with Gasteiger partial charge in [0.05, 0.1) is 0 Å². The van der Waals surface area contributed by atoms with Gasteiger partial charge in [0.25, 0.3) is 0 Å². The topological polar surface area (TPSA) is 41.1 Å². The summed E-state index contributed by atoms with van der Waals surface area (Å²) in [7, 11) is 0. The third-order valence-electron chi connectivity index (χ3n) is 2.05. The molecule has 3 nitrogen and oxygen atoms in total. The summed E-state index contributed by atoms with van der Waals surface area (Å²) in [5.41, 5.74) is 6.29. The van der Waals surface area contributed by atoms with E-state index in [9.17, 15) is 4.79 Å². The first-order valence-electron chi connectivity index (χ1n) is 4.35. The molecule has 0 aliphatic carbocycles. The van der Waals surface area contributed by atoms with Crippen LogP contribution in [0.4, 0.5) is 0 Å². The number of hydrogen-bond donors (Lipinski definition) is 2. The Morgan fingerprint density at radius 2 is 2.36 bits per heavy atom. The van der Waals surface area contributed by atoms with E-state index in [0.29, 0.717) is 6.04 Å². The third kappa shape index (κ3) is 3.49. The molecule has 1 fully saturated rings. The lowest BCUT2D eigenvalue weighted by Gasteiger charge is -2.06. The van der Waals surface area contributed by atoms with E-state index in [1.165, 1.54) is 12.8 Å². The zero-order valence-electron chi connectivity index (χ0n) is 6.81. The van der Waals surface area contributed by atoms with Crippen LogP contribution in [-0.4, -0.2) is 18.9 Å². The van der Waals surface area contributed by atoms with E-state index in [2.05, 4.69) is 10.9 Å². The minimum absolute atomic E-state index is 0.640. The summed E-state index contributed by atoms with van der Waals surface area (Å²) >= 11 is 0. The minimum Gasteiger partial charge on any atom is -0.303 e. The highest BCUT2D eigenvalue weighted by atomic mass is 16.1. The van der Waals surface area contributed by atoms with Crippen molar-refractivity contribution in [3.05, 3.63) is 0 Å². The summed E-state index contributed by atoms with van der Waals surface area (Å²) in [5.74, 6) is 0. The molecule has 2 N–H and O–H groups in total. The van der Waals surface area contributed by atoms with Gasteiger partial charge in [-0.15, -0.1) is 0 Å². The van der Waals surface area contributed by atoms with Gasteiger partial charge in [-0.05, 0) is 19.3 Å². The Hall–Kier alpha value is -0.410. The first kappa shape index (κ1) is 8.68. The number of rotatable bonds is 5. The van der Waals surface area contributed by atoms with Crippen molar-refractivity contribution in [1.29, 1.82) is 0 Å². The molecule has 64 valence electrons. The van der Waals surface area contributed by atoms with Crippen molar-refractivity contribution in [1.82, 2.24) is 10.9 Å². The molecule has 1 heterocycles. The van der Waals surface area contributed by atoms with Crippen molar-refractivity contribution >= 4 is 6.29 Å². The van der Waals surface area contributed by atoms with Gasteiger partial charge in [-0.25, -0.2) is 0 Å². The van der Waals surface area contributed by atoms with Gasteiger partial charge in [-0.3, -0.25) is 10.9 Å². The maximum absolute atomic E-state index is 9.97. The fourth-order valence-electron chi connectivity index (χ4n) is 1.37. The molecule has 0 saturated carbocycles. The number of nitrogens with one attached hydrogen (secondary N) is 2. The van der Waals surface area contributed by atoms with Gasteiger partial charge in [-0.1, -0.05) is 6.42 Å². The molecule has 0 aromatic rings. The lowest BCUT2D eigenvalue weighted by atomic mass is 10.1. The van der Waals surface area contributed by atoms with Crippen molar-refractivity contribution < 1.29 is 4.79 Å². The van der Waals surface area contributed by atoms with Crippen LogP contribution in [0.25, 0.3) is 0 Å². The number of carbonyl (C=O) groups is 1. The van der Waals surface area contributed by atoms with E-state index in [1.807, 2.05) is 0 Å². The van der Waals surface area contributed by atoms with E-state index < -0.39 is 0 Å². The lowest BCUT2D eigenvalue weighted by molar-refractivity contribution is -0.107. The molecule has 3 heteroatoms. The SMILES string of the molecule is O=CCCCCC1CCNN1. The van der Waals surface area contributed by atoms with E-state index in [4.69, 9.17) is 0 Å². The first-order valence-corrected chi connectivity index (χ1v) is 4.35. The Labute approximate surface area is 67.5 Å². The third-order valence-corrected chi connectivity index (χ3v) is 2.05. The fourth-order valence-corrected chi connectivity index (χ4v) is 1.37. The summed E-state index contributed by atoms with van der Waals surface area (Å²) in [5, 5.41) is 0. The van der Waals surface area contributed by atoms with Gasteiger partial charge in [0.1, 0.15) is 6.29 Å². The summed E-state index contributed by atoms with van der Waals surface area (Å²) < 4.78 is 0. The average Bonchev–Trinajstić information content (AvgIpc) is 2.50. The molecule has 1 aliphatic heterocycles. The lowest BCUT2D eigenvalue weighted by Crippen LogP contribution is -2.29. The minimum atomic E-state index is 0.640. The molecule has 0 amide bonds. The molecule has 0 radical (unpaired) electrons. The first-order chi connectivity index (χ1) is 5.43. The second kappa shape index (κ2) is 5.27.